The van der Waals surface area contributed by atoms with E-state index < -0.39 is 0 Å². The molecule has 1 aliphatic rings. The molecule has 0 spiro atoms. The van der Waals surface area contributed by atoms with E-state index in [1.54, 1.807) is 13.2 Å². The normalized spacial score (nSPS) is 22.8. The van der Waals surface area contributed by atoms with E-state index in [0.29, 0.717) is 17.8 Å². The van der Waals surface area contributed by atoms with Gasteiger partial charge in [0.1, 0.15) is 5.69 Å². The molecule has 5 heteroatoms. The Morgan fingerprint density at radius 2 is 1.89 bits per heavy atom. The van der Waals surface area contributed by atoms with Crippen LogP contribution in [-0.4, -0.2) is 37.1 Å². The second-order valence-electron chi connectivity index (χ2n) is 4.99. The molecule has 19 heavy (non-hydrogen) atoms. The van der Waals surface area contributed by atoms with E-state index in [4.69, 9.17) is 0 Å². The number of anilines is 1. The SMILES string of the molecule is CNC(=O)c1cc(NC2CCC(NC)CC2)ccn1. The minimum atomic E-state index is -0.150. The van der Waals surface area contributed by atoms with Crippen molar-refractivity contribution in [3.8, 4) is 0 Å². The third kappa shape index (κ3) is 3.67. The molecule has 104 valence electrons. The van der Waals surface area contributed by atoms with E-state index in [1.807, 2.05) is 19.2 Å². The van der Waals surface area contributed by atoms with Crippen LogP contribution in [0.2, 0.25) is 0 Å². The van der Waals surface area contributed by atoms with Crippen molar-refractivity contribution >= 4 is 11.6 Å². The zero-order chi connectivity index (χ0) is 13.7. The monoisotopic (exact) mass is 262 g/mol. The molecular weight excluding hydrogens is 240 g/mol. The first-order valence-corrected chi connectivity index (χ1v) is 6.85. The fraction of sp³-hybridized carbons (Fsp3) is 0.571. The Balaban J connectivity index is 1.94. The maximum atomic E-state index is 11.5. The van der Waals surface area contributed by atoms with Crippen molar-refractivity contribution in [3.63, 3.8) is 0 Å². The number of amides is 1. The second-order valence-corrected chi connectivity index (χ2v) is 4.99. The molecule has 2 rings (SSSR count). The molecule has 0 aromatic carbocycles. The summed E-state index contributed by atoms with van der Waals surface area (Å²) < 4.78 is 0. The molecule has 1 aliphatic carbocycles. The summed E-state index contributed by atoms with van der Waals surface area (Å²) in [4.78, 5) is 15.6. The van der Waals surface area contributed by atoms with Crippen molar-refractivity contribution in [1.82, 2.24) is 15.6 Å². The van der Waals surface area contributed by atoms with Gasteiger partial charge < -0.3 is 16.0 Å². The smallest absolute Gasteiger partial charge is 0.269 e. The Kier molecular flexibility index (Phi) is 4.74. The Morgan fingerprint density at radius 1 is 1.21 bits per heavy atom. The van der Waals surface area contributed by atoms with Crippen LogP contribution >= 0.6 is 0 Å². The molecule has 0 aliphatic heterocycles. The van der Waals surface area contributed by atoms with Crippen LogP contribution in [0, 0.1) is 0 Å². The van der Waals surface area contributed by atoms with Gasteiger partial charge in [0, 0.05) is 31.0 Å². The lowest BCUT2D eigenvalue weighted by molar-refractivity contribution is 0.0958. The summed E-state index contributed by atoms with van der Waals surface area (Å²) in [5, 5.41) is 9.41. The van der Waals surface area contributed by atoms with Gasteiger partial charge >= 0.3 is 0 Å². The van der Waals surface area contributed by atoms with Crippen molar-refractivity contribution in [3.05, 3.63) is 24.0 Å². The minimum absolute atomic E-state index is 0.150. The van der Waals surface area contributed by atoms with E-state index in [1.165, 1.54) is 12.8 Å². The summed E-state index contributed by atoms with van der Waals surface area (Å²) in [7, 11) is 3.64. The van der Waals surface area contributed by atoms with Crippen LogP contribution in [0.1, 0.15) is 36.2 Å². The number of rotatable bonds is 4. The zero-order valence-electron chi connectivity index (χ0n) is 11.6. The molecular formula is C14H22N4O. The summed E-state index contributed by atoms with van der Waals surface area (Å²) in [5.74, 6) is -0.150. The second kappa shape index (κ2) is 6.52. The summed E-state index contributed by atoms with van der Waals surface area (Å²) in [5.41, 5.74) is 1.43. The summed E-state index contributed by atoms with van der Waals surface area (Å²) in [6.45, 7) is 0. The van der Waals surface area contributed by atoms with Crippen LogP contribution in [-0.2, 0) is 0 Å². The van der Waals surface area contributed by atoms with Crippen molar-refractivity contribution < 1.29 is 4.79 Å². The summed E-state index contributed by atoms with van der Waals surface area (Å²) in [6, 6.07) is 4.86. The lowest BCUT2D eigenvalue weighted by Gasteiger charge is -2.29. The van der Waals surface area contributed by atoms with Crippen molar-refractivity contribution in [2.75, 3.05) is 19.4 Å². The van der Waals surface area contributed by atoms with Crippen molar-refractivity contribution in [1.29, 1.82) is 0 Å². The van der Waals surface area contributed by atoms with Crippen LogP contribution in [0.4, 0.5) is 5.69 Å². The van der Waals surface area contributed by atoms with Gasteiger partial charge in [0.2, 0.25) is 0 Å². The maximum Gasteiger partial charge on any atom is 0.269 e. The quantitative estimate of drug-likeness (QED) is 0.767. The molecule has 1 fully saturated rings. The lowest BCUT2D eigenvalue weighted by atomic mass is 9.91. The Hall–Kier alpha value is -1.62. The fourth-order valence-electron chi connectivity index (χ4n) is 2.53. The van der Waals surface area contributed by atoms with Gasteiger partial charge in [0.25, 0.3) is 5.91 Å². The largest absolute Gasteiger partial charge is 0.382 e. The van der Waals surface area contributed by atoms with Crippen molar-refractivity contribution in [2.24, 2.45) is 0 Å². The molecule has 0 atom stereocenters. The topological polar surface area (TPSA) is 66.1 Å². The maximum absolute atomic E-state index is 11.5. The number of nitrogens with one attached hydrogen (secondary N) is 3. The third-order valence-electron chi connectivity index (χ3n) is 3.73. The van der Waals surface area contributed by atoms with Gasteiger partial charge in [-0.25, -0.2) is 0 Å². The fourth-order valence-corrected chi connectivity index (χ4v) is 2.53. The first-order chi connectivity index (χ1) is 9.22. The number of nitrogens with zero attached hydrogens (tertiary/aromatic N) is 1. The number of carbonyl (C=O) groups excluding carboxylic acids is 1. The average molecular weight is 262 g/mol. The predicted octanol–water partition coefficient (Wildman–Crippen LogP) is 1.38. The van der Waals surface area contributed by atoms with Gasteiger partial charge in [-0.2, -0.15) is 0 Å². The number of hydrogen-bond acceptors (Lipinski definition) is 4. The van der Waals surface area contributed by atoms with Crippen LogP contribution in [0.25, 0.3) is 0 Å². The molecule has 0 saturated heterocycles. The minimum Gasteiger partial charge on any atom is -0.382 e. The molecule has 0 unspecified atom stereocenters. The highest BCUT2D eigenvalue weighted by Gasteiger charge is 2.19. The van der Waals surface area contributed by atoms with E-state index >= 15 is 0 Å². The summed E-state index contributed by atoms with van der Waals surface area (Å²) in [6.07, 6.45) is 6.38. The summed E-state index contributed by atoms with van der Waals surface area (Å²) >= 11 is 0. The average Bonchev–Trinajstić information content (AvgIpc) is 2.47. The Labute approximate surface area is 114 Å². The van der Waals surface area contributed by atoms with Gasteiger partial charge in [-0.05, 0) is 44.9 Å². The van der Waals surface area contributed by atoms with Crippen molar-refractivity contribution in [2.45, 2.75) is 37.8 Å². The molecule has 5 nitrogen and oxygen atoms in total. The molecule has 1 aromatic heterocycles. The molecule has 1 amide bonds. The number of aromatic nitrogens is 1. The van der Waals surface area contributed by atoms with E-state index in [0.717, 1.165) is 18.5 Å². The molecule has 1 saturated carbocycles. The highest BCUT2D eigenvalue weighted by molar-refractivity contribution is 5.92. The molecule has 1 aromatic rings. The van der Waals surface area contributed by atoms with Crippen LogP contribution in [0.5, 0.6) is 0 Å². The van der Waals surface area contributed by atoms with Crippen LogP contribution < -0.4 is 16.0 Å². The Bertz CT molecular complexity index is 427. The van der Waals surface area contributed by atoms with E-state index in [9.17, 15) is 4.79 Å². The van der Waals surface area contributed by atoms with E-state index in [2.05, 4.69) is 20.9 Å². The standard InChI is InChI=1S/C14H22N4O/c1-15-10-3-5-11(6-4-10)18-12-7-8-17-13(9-12)14(19)16-2/h7-11,15H,3-6H2,1-2H3,(H,16,19)(H,17,18). The number of carbonyl (C=O) groups is 1. The zero-order valence-corrected chi connectivity index (χ0v) is 11.6. The number of pyridine rings is 1. The third-order valence-corrected chi connectivity index (χ3v) is 3.73. The lowest BCUT2D eigenvalue weighted by Crippen LogP contribution is -2.35. The Morgan fingerprint density at radius 3 is 2.53 bits per heavy atom. The highest BCUT2D eigenvalue weighted by Crippen LogP contribution is 2.22. The van der Waals surface area contributed by atoms with Gasteiger partial charge in [0.15, 0.2) is 0 Å². The van der Waals surface area contributed by atoms with Gasteiger partial charge in [0.05, 0.1) is 0 Å². The van der Waals surface area contributed by atoms with E-state index in [-0.39, 0.29) is 5.91 Å². The van der Waals surface area contributed by atoms with Gasteiger partial charge in [-0.1, -0.05) is 0 Å². The first-order valence-electron chi connectivity index (χ1n) is 6.85. The first kappa shape index (κ1) is 13.8. The molecule has 0 radical (unpaired) electrons. The van der Waals surface area contributed by atoms with Gasteiger partial charge in [-0.15, -0.1) is 0 Å². The molecule has 0 bridgehead atoms. The molecule has 3 N–H and O–H groups in total. The van der Waals surface area contributed by atoms with Gasteiger partial charge in [-0.3, -0.25) is 9.78 Å². The van der Waals surface area contributed by atoms with Crippen LogP contribution in [0.3, 0.4) is 0 Å². The predicted molar refractivity (Wildman–Crippen MR) is 76.4 cm³/mol. The highest BCUT2D eigenvalue weighted by atomic mass is 16.1. The van der Waals surface area contributed by atoms with Crippen LogP contribution in [0.15, 0.2) is 18.3 Å². The number of hydrogen-bond donors (Lipinski definition) is 3. The molecule has 1 heterocycles.